The van der Waals surface area contributed by atoms with Crippen LogP contribution in [0, 0.1) is 0 Å². The summed E-state index contributed by atoms with van der Waals surface area (Å²) >= 11 is 0. The highest BCUT2D eigenvalue weighted by atomic mass is 32.2. The highest BCUT2D eigenvalue weighted by Gasteiger charge is 2.31. The number of nitrogens with zero attached hydrogens (tertiary/aromatic N) is 1. The molecule has 0 N–H and O–H groups in total. The smallest absolute Gasteiger partial charge is 0.213 e. The topological polar surface area (TPSA) is 46.6 Å². The van der Waals surface area contributed by atoms with Crippen molar-refractivity contribution in [3.05, 3.63) is 127 Å². The Morgan fingerprint density at radius 1 is 0.486 bits per heavy atom. The van der Waals surface area contributed by atoms with Gasteiger partial charge in [0.15, 0.2) is 0 Å². The lowest BCUT2D eigenvalue weighted by atomic mass is 10.0. The normalized spacial score (nSPS) is 13.3. The highest BCUT2D eigenvalue weighted by molar-refractivity contribution is 7.91. The number of ether oxygens (including phenoxy) is 1. The molecule has 0 saturated carbocycles. The minimum absolute atomic E-state index is 0.191. The first-order chi connectivity index (χ1) is 17.1. The van der Waals surface area contributed by atoms with E-state index in [1.54, 1.807) is 36.4 Å². The molecule has 5 aromatic carbocycles. The molecule has 4 nitrogen and oxygen atoms in total. The summed E-state index contributed by atoms with van der Waals surface area (Å²) in [5, 5.41) is 0. The van der Waals surface area contributed by atoms with Gasteiger partial charge in [-0.15, -0.1) is 0 Å². The van der Waals surface area contributed by atoms with Gasteiger partial charge in [-0.2, -0.15) is 0 Å². The predicted octanol–water partition coefficient (Wildman–Crippen LogP) is 7.76. The fourth-order valence-electron chi connectivity index (χ4n) is 4.39. The largest absolute Gasteiger partial charge is 0.455 e. The molecule has 0 amide bonds. The van der Waals surface area contributed by atoms with Gasteiger partial charge in [0, 0.05) is 17.1 Å². The van der Waals surface area contributed by atoms with E-state index >= 15 is 0 Å². The fraction of sp³-hybridized carbons (Fsp3) is 0. The molecule has 0 spiro atoms. The Kier molecular flexibility index (Phi) is 5.12. The summed E-state index contributed by atoms with van der Waals surface area (Å²) in [5.41, 5.74) is 5.01. The second-order valence-electron chi connectivity index (χ2n) is 8.27. The number of hydrogen-bond acceptors (Lipinski definition) is 4. The number of hydrogen-bond donors (Lipinski definition) is 0. The Balaban J connectivity index is 1.37. The summed E-state index contributed by atoms with van der Waals surface area (Å²) in [5.74, 6) is 0.703. The minimum atomic E-state index is -3.61. The Morgan fingerprint density at radius 3 is 1.66 bits per heavy atom. The molecule has 5 aromatic rings. The van der Waals surface area contributed by atoms with E-state index in [9.17, 15) is 8.42 Å². The molecule has 35 heavy (non-hydrogen) atoms. The van der Waals surface area contributed by atoms with E-state index in [0.29, 0.717) is 11.5 Å². The van der Waals surface area contributed by atoms with Gasteiger partial charge in [-0.3, -0.25) is 0 Å². The average molecular weight is 476 g/mol. The summed E-state index contributed by atoms with van der Waals surface area (Å²) in [6.07, 6.45) is 0. The van der Waals surface area contributed by atoms with Crippen molar-refractivity contribution in [3.8, 4) is 22.6 Å². The van der Waals surface area contributed by atoms with E-state index in [-0.39, 0.29) is 9.79 Å². The highest BCUT2D eigenvalue weighted by Crippen LogP contribution is 2.44. The Bertz CT molecular complexity index is 1570. The van der Waals surface area contributed by atoms with Crippen LogP contribution in [0.4, 0.5) is 17.1 Å². The molecule has 5 heteroatoms. The lowest BCUT2D eigenvalue weighted by molar-refractivity contribution is 0.443. The van der Waals surface area contributed by atoms with Gasteiger partial charge in [0.25, 0.3) is 0 Å². The van der Waals surface area contributed by atoms with Gasteiger partial charge in [-0.25, -0.2) is 8.42 Å². The first-order valence-corrected chi connectivity index (χ1v) is 12.8. The predicted molar refractivity (Wildman–Crippen MR) is 139 cm³/mol. The maximum absolute atomic E-state index is 13.0. The molecule has 0 atom stereocenters. The van der Waals surface area contributed by atoms with Crippen LogP contribution < -0.4 is 9.64 Å². The van der Waals surface area contributed by atoms with Gasteiger partial charge in [-0.05, 0) is 71.8 Å². The van der Waals surface area contributed by atoms with Gasteiger partial charge in [0.05, 0.1) is 0 Å². The van der Waals surface area contributed by atoms with E-state index in [1.165, 1.54) is 0 Å². The molecule has 170 valence electrons. The molecule has 1 heterocycles. The molecule has 6 rings (SSSR count). The van der Waals surface area contributed by atoms with Crippen molar-refractivity contribution in [2.75, 3.05) is 4.90 Å². The average Bonchev–Trinajstić information content (AvgIpc) is 2.90. The third-order valence-electron chi connectivity index (χ3n) is 6.08. The first kappa shape index (κ1) is 21.2. The van der Waals surface area contributed by atoms with Crippen molar-refractivity contribution in [1.82, 2.24) is 0 Å². The fourth-order valence-corrected chi connectivity index (χ4v) is 5.87. The van der Waals surface area contributed by atoms with Crippen molar-refractivity contribution in [3.63, 3.8) is 0 Å². The molecule has 0 radical (unpaired) electrons. The van der Waals surface area contributed by atoms with Crippen LogP contribution in [-0.2, 0) is 9.84 Å². The van der Waals surface area contributed by atoms with Crippen LogP contribution in [0.3, 0.4) is 0 Å². The first-order valence-electron chi connectivity index (χ1n) is 11.3. The van der Waals surface area contributed by atoms with Crippen molar-refractivity contribution in [2.24, 2.45) is 0 Å². The van der Waals surface area contributed by atoms with Crippen molar-refractivity contribution < 1.29 is 13.2 Å². The zero-order chi connectivity index (χ0) is 23.8. The summed E-state index contributed by atoms with van der Waals surface area (Å²) in [7, 11) is -3.61. The number of benzene rings is 5. The standard InChI is InChI=1S/C30H21NO3S/c32-35(33)29-14-8-7-13-27(29)34-28-21-23(17-20-30(28)35)22-15-18-26(19-16-22)31(24-9-3-1-4-10-24)25-11-5-2-6-12-25/h1-21H. The summed E-state index contributed by atoms with van der Waals surface area (Å²) in [6.45, 7) is 0. The summed E-state index contributed by atoms with van der Waals surface area (Å²) in [6, 6.07) is 40.7. The van der Waals surface area contributed by atoms with Gasteiger partial charge >= 0.3 is 0 Å². The van der Waals surface area contributed by atoms with E-state index in [2.05, 4.69) is 41.3 Å². The van der Waals surface area contributed by atoms with Crippen molar-refractivity contribution >= 4 is 26.9 Å². The number of fused-ring (bicyclic) bond motifs is 2. The molecular formula is C30H21NO3S. The Labute approximate surface area is 204 Å². The summed E-state index contributed by atoms with van der Waals surface area (Å²) in [4.78, 5) is 2.59. The van der Waals surface area contributed by atoms with Crippen LogP contribution in [0.5, 0.6) is 11.5 Å². The quantitative estimate of drug-likeness (QED) is 0.261. The maximum Gasteiger partial charge on any atom is 0.213 e. The number of para-hydroxylation sites is 3. The lowest BCUT2D eigenvalue weighted by Crippen LogP contribution is -2.11. The monoisotopic (exact) mass is 475 g/mol. The molecule has 0 aromatic heterocycles. The van der Waals surface area contributed by atoms with Gasteiger partial charge in [0.2, 0.25) is 9.84 Å². The van der Waals surface area contributed by atoms with Crippen LogP contribution in [-0.4, -0.2) is 8.42 Å². The zero-order valence-electron chi connectivity index (χ0n) is 18.7. The number of sulfone groups is 1. The Hall–Kier alpha value is -4.35. The van der Waals surface area contributed by atoms with Crippen LogP contribution in [0.15, 0.2) is 137 Å². The lowest BCUT2D eigenvalue weighted by Gasteiger charge is -2.25. The molecule has 0 saturated heterocycles. The van der Waals surface area contributed by atoms with Crippen LogP contribution in [0.1, 0.15) is 0 Å². The molecule has 1 aliphatic rings. The third-order valence-corrected chi connectivity index (χ3v) is 7.91. The molecule has 0 aliphatic carbocycles. The molecule has 0 unspecified atom stereocenters. The van der Waals surface area contributed by atoms with E-state index in [0.717, 1.165) is 28.2 Å². The van der Waals surface area contributed by atoms with Crippen molar-refractivity contribution in [1.29, 1.82) is 0 Å². The maximum atomic E-state index is 13.0. The van der Waals surface area contributed by atoms with E-state index in [4.69, 9.17) is 4.74 Å². The van der Waals surface area contributed by atoms with Gasteiger partial charge < -0.3 is 9.64 Å². The second-order valence-corrected chi connectivity index (χ2v) is 10.2. The van der Waals surface area contributed by atoms with E-state index < -0.39 is 9.84 Å². The Morgan fingerprint density at radius 2 is 1.00 bits per heavy atom. The van der Waals surface area contributed by atoms with Gasteiger partial charge in [0.1, 0.15) is 21.3 Å². The molecule has 1 aliphatic heterocycles. The number of anilines is 3. The molecular weight excluding hydrogens is 454 g/mol. The zero-order valence-corrected chi connectivity index (χ0v) is 19.5. The number of rotatable bonds is 4. The molecule has 0 fully saturated rings. The SMILES string of the molecule is O=S1(=O)c2ccccc2Oc2cc(-c3ccc(N(c4ccccc4)c4ccccc4)cc3)ccc21. The second kappa shape index (κ2) is 8.46. The van der Waals surface area contributed by atoms with Gasteiger partial charge in [-0.1, -0.05) is 66.7 Å². The van der Waals surface area contributed by atoms with Crippen LogP contribution in [0.2, 0.25) is 0 Å². The molecule has 0 bridgehead atoms. The van der Waals surface area contributed by atoms with Crippen LogP contribution in [0.25, 0.3) is 11.1 Å². The van der Waals surface area contributed by atoms with E-state index in [1.807, 2.05) is 54.6 Å². The third kappa shape index (κ3) is 3.76. The van der Waals surface area contributed by atoms with Crippen LogP contribution >= 0.6 is 0 Å². The minimum Gasteiger partial charge on any atom is -0.455 e. The van der Waals surface area contributed by atoms with Crippen molar-refractivity contribution in [2.45, 2.75) is 9.79 Å². The summed E-state index contributed by atoms with van der Waals surface area (Å²) < 4.78 is 32.1.